The van der Waals surface area contributed by atoms with Crippen molar-refractivity contribution in [2.24, 2.45) is 0 Å². The molecule has 0 bridgehead atoms. The first-order valence-electron chi connectivity index (χ1n) is 31.4. The van der Waals surface area contributed by atoms with Gasteiger partial charge in [0.05, 0.1) is 206 Å². The summed E-state index contributed by atoms with van der Waals surface area (Å²) in [7, 11) is 0. The third kappa shape index (κ3) is 25.1. The lowest BCUT2D eigenvalue weighted by Crippen LogP contribution is -2.58. The van der Waals surface area contributed by atoms with Crippen LogP contribution in [0.1, 0.15) is 82.9 Å². The lowest BCUT2D eigenvalue weighted by molar-refractivity contribution is -0.117. The summed E-state index contributed by atoms with van der Waals surface area (Å²) in [6.45, 7) is -11.5. The Labute approximate surface area is 735 Å². The molecular formula is C60H75I9N12O27. The van der Waals surface area contributed by atoms with Crippen molar-refractivity contribution in [2.45, 2.75) is 95.3 Å². The van der Waals surface area contributed by atoms with Crippen LogP contribution in [0.2, 0.25) is 0 Å². The normalized spacial score (nSPS) is 13.9. The van der Waals surface area contributed by atoms with Gasteiger partial charge in [-0.1, -0.05) is 0 Å². The maximum absolute atomic E-state index is 15.1. The van der Waals surface area contributed by atoms with Gasteiger partial charge in [0.1, 0.15) is 0 Å². The van der Waals surface area contributed by atoms with E-state index in [0.717, 1.165) is 35.5 Å². The number of carbonyl (C=O) groups is 9. The molecule has 0 aliphatic carbocycles. The number of aromatic nitrogens is 3. The van der Waals surface area contributed by atoms with Crippen LogP contribution in [-0.4, -0.2) is 297 Å². The largest absolute Gasteiger partial charge is 0.394 e. The molecule has 9 amide bonds. The van der Waals surface area contributed by atoms with E-state index in [4.69, 9.17) is 0 Å². The minimum Gasteiger partial charge on any atom is -0.394 e. The molecule has 21 N–H and O–H groups in total. The highest BCUT2D eigenvalue weighted by molar-refractivity contribution is 14.1. The molecule has 0 saturated heterocycles. The number of halogens is 9. The van der Waals surface area contributed by atoms with Crippen LogP contribution in [-0.2, 0) is 34.0 Å². The number of amides is 9. The number of nitrogens with one attached hydrogen (secondary N) is 6. The Bertz CT molecular complexity index is 3610. The van der Waals surface area contributed by atoms with Gasteiger partial charge in [-0.05, 0) is 203 Å². The topological polar surface area (TPSA) is 605 Å². The van der Waals surface area contributed by atoms with Crippen molar-refractivity contribution in [3.05, 3.63) is 97.0 Å². The van der Waals surface area contributed by atoms with E-state index in [9.17, 15) is 120 Å². The standard InChI is InChI=1S/C60H75I9N12O27/c1-22(88)76(49-43(64)34(52(100)70-4-25(91)16-82)40(61)35(44(49)65)53(101)71-5-26(92)17-83)10-31(97)13-79-58(106)80(14-32(98)11-77(23(2)89)50-45(66)36(54(102)72-6-27(93)18-84)41(62)37(46(50)67)55(103)73-7-28(94)19-85)60(108)81(59(79)107)15-33(99)12-78(24(3)90)51-47(68)38(56(104)74-8-29(95)20-86)42(63)39(48(51)69)57(105)75-9-30(96)21-87/h25-33,82-87,91-99H,4-21H2,1-3H3,(H,70,100)(H,71,101)(H,72,102)(H,73,103)(H,74,104)(H,75,105). The minimum atomic E-state index is -2.14. The first-order chi connectivity index (χ1) is 50.5. The number of carbonyl (C=O) groups excluding carboxylic acids is 9. The fraction of sp³-hybridized carbons (Fsp3) is 0.500. The summed E-state index contributed by atoms with van der Waals surface area (Å²) in [5.74, 6) is -8.59. The SMILES string of the molecule is CC(=O)N(CC(O)Cn1c(=O)n(CC(O)CN(C(C)=O)c2c(I)c(C(=O)NCC(O)CO)c(I)c(C(=O)NCC(O)CO)c2I)c(=O)n(CC(O)CN(C(C)=O)c2c(I)c(C(=O)NCC(O)CO)c(I)c(C(=O)NCC(O)CO)c2I)c1=O)c1c(I)c(C(=O)NCC(O)CO)c(I)c(C(=O)NCC(O)CO)c1I. The van der Waals surface area contributed by atoms with Crippen molar-refractivity contribution in [2.75, 3.05) is 113 Å². The molecule has 0 spiro atoms. The van der Waals surface area contributed by atoms with Gasteiger partial charge in [0.15, 0.2) is 0 Å². The van der Waals surface area contributed by atoms with Crippen LogP contribution < -0.4 is 63.7 Å². The highest BCUT2D eigenvalue weighted by atomic mass is 127. The van der Waals surface area contributed by atoms with Crippen molar-refractivity contribution < 1.29 is 120 Å². The number of aliphatic hydroxyl groups excluding tert-OH is 15. The fourth-order valence-corrected chi connectivity index (χ4v) is 23.9. The van der Waals surface area contributed by atoms with E-state index in [-0.39, 0.29) is 96.3 Å². The van der Waals surface area contributed by atoms with E-state index >= 15 is 14.4 Å². The Morgan fingerprint density at radius 2 is 0.435 bits per heavy atom. The second-order valence-electron chi connectivity index (χ2n) is 23.4. The molecular weight excluding hydrogens is 2460 g/mol. The second kappa shape index (κ2) is 45.5. The van der Waals surface area contributed by atoms with Crippen LogP contribution in [0.5, 0.6) is 0 Å². The first-order valence-corrected chi connectivity index (χ1v) is 41.1. The van der Waals surface area contributed by atoms with Gasteiger partial charge in [0.25, 0.3) is 35.4 Å². The molecule has 1 aromatic heterocycles. The molecule has 0 fully saturated rings. The lowest BCUT2D eigenvalue weighted by Gasteiger charge is -2.30. The quantitative estimate of drug-likeness (QED) is 0.0185. The Morgan fingerprint density at radius 3 is 0.565 bits per heavy atom. The number of nitrogens with zero attached hydrogens (tertiary/aromatic N) is 6. The van der Waals surface area contributed by atoms with Crippen LogP contribution in [0.25, 0.3) is 0 Å². The van der Waals surface area contributed by atoms with Gasteiger partial charge in [-0.25, -0.2) is 28.1 Å². The van der Waals surface area contributed by atoms with E-state index < -0.39 is 243 Å². The van der Waals surface area contributed by atoms with Crippen molar-refractivity contribution in [3.63, 3.8) is 0 Å². The van der Waals surface area contributed by atoms with E-state index in [1.54, 1.807) is 203 Å². The summed E-state index contributed by atoms with van der Waals surface area (Å²) in [4.78, 5) is 174. The third-order valence-electron chi connectivity index (χ3n) is 15.2. The molecule has 3 aromatic carbocycles. The monoisotopic (exact) mass is 2540 g/mol. The molecule has 0 saturated carbocycles. The lowest BCUT2D eigenvalue weighted by atomic mass is 10.1. The van der Waals surface area contributed by atoms with E-state index in [1.807, 2.05) is 0 Å². The highest BCUT2D eigenvalue weighted by Crippen LogP contribution is 2.42. The van der Waals surface area contributed by atoms with Gasteiger partial charge < -0.3 is 123 Å². The predicted octanol–water partition coefficient (Wildman–Crippen LogP) is -5.65. The summed E-state index contributed by atoms with van der Waals surface area (Å²) < 4.78 is -0.00969. The molecule has 0 radical (unpaired) electrons. The van der Waals surface area contributed by atoms with Crippen LogP contribution in [0.4, 0.5) is 17.1 Å². The fourth-order valence-electron chi connectivity index (χ4n) is 9.76. The Morgan fingerprint density at radius 1 is 0.287 bits per heavy atom. The van der Waals surface area contributed by atoms with Gasteiger partial charge >= 0.3 is 17.1 Å². The van der Waals surface area contributed by atoms with Crippen LogP contribution in [0, 0.1) is 32.1 Å². The molecule has 600 valence electrons. The molecule has 4 aromatic rings. The zero-order chi connectivity index (χ0) is 82.0. The molecule has 108 heavy (non-hydrogen) atoms. The molecule has 39 nitrogen and oxygen atoms in total. The van der Waals surface area contributed by atoms with Gasteiger partial charge in [0, 0.05) is 70.8 Å². The summed E-state index contributed by atoms with van der Waals surface area (Å²) in [6, 6.07) is 0. The predicted molar refractivity (Wildman–Crippen MR) is 458 cm³/mol. The zero-order valence-electron chi connectivity index (χ0n) is 56.6. The van der Waals surface area contributed by atoms with Gasteiger partial charge in [-0.15, -0.1) is 0 Å². The van der Waals surface area contributed by atoms with Crippen LogP contribution in [0.15, 0.2) is 14.4 Å². The number of hydrogen-bond donors (Lipinski definition) is 21. The average molecular weight is 2540 g/mol. The Balaban J connectivity index is 2.09. The summed E-state index contributed by atoms with van der Waals surface area (Å²) in [6.07, 6.45) is -15.3. The smallest absolute Gasteiger partial charge is 0.336 e. The molecule has 4 rings (SSSR count). The minimum absolute atomic E-state index is 0.0651. The summed E-state index contributed by atoms with van der Waals surface area (Å²) in [5.41, 5.74) is -7.47. The maximum Gasteiger partial charge on any atom is 0.336 e. The van der Waals surface area contributed by atoms with Crippen molar-refractivity contribution >= 4 is 274 Å². The number of rotatable bonds is 39. The van der Waals surface area contributed by atoms with Crippen LogP contribution >= 0.6 is 203 Å². The van der Waals surface area contributed by atoms with Crippen molar-refractivity contribution in [1.82, 2.24) is 45.6 Å². The Hall–Kier alpha value is -2.73. The van der Waals surface area contributed by atoms with Crippen molar-refractivity contribution in [1.29, 1.82) is 0 Å². The van der Waals surface area contributed by atoms with Gasteiger partial charge in [-0.2, -0.15) is 0 Å². The number of benzene rings is 3. The molecule has 1 heterocycles. The highest BCUT2D eigenvalue weighted by Gasteiger charge is 2.38. The van der Waals surface area contributed by atoms with E-state index in [1.165, 1.54) is 0 Å². The number of hydrogen-bond acceptors (Lipinski definition) is 27. The summed E-state index contributed by atoms with van der Waals surface area (Å²) >= 11 is 14.9. The number of anilines is 3. The third-order valence-corrected chi connectivity index (χ3v) is 24.7. The van der Waals surface area contributed by atoms with Gasteiger partial charge in [0.2, 0.25) is 17.7 Å². The van der Waals surface area contributed by atoms with E-state index in [0.29, 0.717) is 0 Å². The molecule has 48 heteroatoms. The van der Waals surface area contributed by atoms with E-state index in [2.05, 4.69) is 31.9 Å². The maximum atomic E-state index is 15.1. The Kier molecular flexibility index (Phi) is 41.2. The zero-order valence-corrected chi connectivity index (χ0v) is 76.0. The molecule has 9 atom stereocenters. The van der Waals surface area contributed by atoms with Crippen LogP contribution in [0.3, 0.4) is 0 Å². The van der Waals surface area contributed by atoms with Crippen molar-refractivity contribution in [3.8, 4) is 0 Å². The average Bonchev–Trinajstić information content (AvgIpc) is 0.774. The molecule has 0 aliphatic heterocycles. The second-order valence-corrected chi connectivity index (χ2v) is 33.1. The summed E-state index contributed by atoms with van der Waals surface area (Å²) in [5, 5.41) is 169. The molecule has 0 aliphatic rings. The number of aliphatic hydroxyl groups is 15. The first kappa shape index (κ1) is 97.6. The molecule has 9 unspecified atom stereocenters. The van der Waals surface area contributed by atoms with Gasteiger partial charge in [-0.3, -0.25) is 43.2 Å².